The van der Waals surface area contributed by atoms with Crippen LogP contribution in [-0.4, -0.2) is 175 Å². The first-order valence-electron chi connectivity index (χ1n) is 33.9. The molecule has 0 rings (SSSR count). The monoisotopic (exact) mass is 1290 g/mol. The van der Waals surface area contributed by atoms with Crippen LogP contribution in [0.25, 0.3) is 0 Å². The molecule has 0 aromatic rings. The summed E-state index contributed by atoms with van der Waals surface area (Å²) in [6, 6.07) is -8.13. The van der Waals surface area contributed by atoms with Crippen molar-refractivity contribution in [1.29, 1.82) is 0 Å². The summed E-state index contributed by atoms with van der Waals surface area (Å²) in [5.41, 5.74) is 30.2. The van der Waals surface area contributed by atoms with Crippen molar-refractivity contribution in [3.63, 3.8) is 0 Å². The molecule has 20 N–H and O–H groups in total. The third-order valence-corrected chi connectivity index (χ3v) is 17.8. The van der Waals surface area contributed by atoms with Gasteiger partial charge < -0.3 is 81.4 Å². The van der Waals surface area contributed by atoms with Crippen LogP contribution in [-0.2, 0) is 38.4 Å². The normalized spacial score (nSPS) is 14.1. The van der Waals surface area contributed by atoms with Gasteiger partial charge >= 0.3 is 0 Å². The van der Waals surface area contributed by atoms with Crippen molar-refractivity contribution in [3.8, 4) is 0 Å². The van der Waals surface area contributed by atoms with Crippen LogP contribution in [0.5, 0.6) is 0 Å². The van der Waals surface area contributed by atoms with Crippen molar-refractivity contribution in [2.75, 3.05) is 68.9 Å². The molecule has 8 unspecified atom stereocenters. The molecule has 0 aliphatic heterocycles. The topological polar surface area (TPSA) is 403 Å². The Morgan fingerprint density at radius 1 is 0.318 bits per heavy atom. The molecule has 0 bridgehead atoms. The lowest BCUT2D eigenvalue weighted by atomic mass is 10.1. The fraction of sp³-hybridized carbons (Fsp3) is 0.873. The van der Waals surface area contributed by atoms with E-state index in [0.29, 0.717) is 82.8 Å². The zero-order valence-corrected chi connectivity index (χ0v) is 56.2. The maximum absolute atomic E-state index is 13.9. The summed E-state index contributed by atoms with van der Waals surface area (Å²) in [5.74, 6) is -3.33. The van der Waals surface area contributed by atoms with Crippen LogP contribution >= 0.6 is 23.5 Å². The van der Waals surface area contributed by atoms with E-state index in [9.17, 15) is 48.6 Å². The van der Waals surface area contributed by atoms with E-state index in [1.807, 2.05) is 0 Å². The predicted octanol–water partition coefficient (Wildman–Crippen LogP) is 4.04. The molecule has 0 fully saturated rings. The van der Waals surface area contributed by atoms with Crippen LogP contribution in [0, 0.1) is 0 Å². The zero-order chi connectivity index (χ0) is 65.4. The fourth-order valence-corrected chi connectivity index (χ4v) is 11.8. The molecule has 25 heteroatoms. The number of hydrogen-bond donors (Lipinski definition) is 15. The maximum Gasteiger partial charge on any atom is 0.244 e. The van der Waals surface area contributed by atoms with E-state index >= 15 is 0 Å². The Bertz CT molecular complexity index is 1710. The highest BCUT2D eigenvalue weighted by molar-refractivity contribution is 8.03. The number of amides is 8. The van der Waals surface area contributed by atoms with E-state index in [2.05, 4.69) is 63.3 Å². The molecular weight excluding hydrogens is 1160 g/mol. The van der Waals surface area contributed by atoms with Gasteiger partial charge in [-0.1, -0.05) is 162 Å². The Balaban J connectivity index is 5.90. The van der Waals surface area contributed by atoms with Crippen molar-refractivity contribution < 1.29 is 48.6 Å². The number of rotatable bonds is 61. The predicted molar refractivity (Wildman–Crippen MR) is 359 cm³/mol. The number of aliphatic hydroxyl groups is 2. The van der Waals surface area contributed by atoms with Crippen molar-refractivity contribution in [1.82, 2.24) is 42.5 Å². The average molecular weight is 1290 g/mol. The molecule has 0 heterocycles. The summed E-state index contributed by atoms with van der Waals surface area (Å²) in [7, 11) is 0. The molecule has 0 saturated heterocycles. The van der Waals surface area contributed by atoms with Gasteiger partial charge in [0.25, 0.3) is 0 Å². The molecule has 8 amide bonds. The zero-order valence-electron chi connectivity index (χ0n) is 54.6. The minimum atomic E-state index is -1.28. The van der Waals surface area contributed by atoms with E-state index in [1.54, 1.807) is 0 Å². The Morgan fingerprint density at radius 2 is 0.568 bits per heavy atom. The number of nitrogens with two attached hydrogens (primary N) is 5. The maximum atomic E-state index is 13.9. The van der Waals surface area contributed by atoms with Gasteiger partial charge in [0.05, 0.1) is 37.4 Å². The summed E-state index contributed by atoms with van der Waals surface area (Å²) in [6.45, 7) is 7.11. The molecule has 88 heavy (non-hydrogen) atoms. The Labute approximate surface area is 538 Å². The Hall–Kier alpha value is -3.82. The van der Waals surface area contributed by atoms with Crippen LogP contribution in [0.3, 0.4) is 0 Å². The Morgan fingerprint density at radius 3 is 0.886 bits per heavy atom. The van der Waals surface area contributed by atoms with E-state index in [4.69, 9.17) is 28.7 Å². The van der Waals surface area contributed by atoms with Crippen LogP contribution < -0.4 is 71.2 Å². The third-order valence-electron chi connectivity index (χ3n) is 15.4. The molecule has 0 saturated carbocycles. The smallest absolute Gasteiger partial charge is 0.244 e. The number of nitrogens with one attached hydrogen (secondary N) is 8. The van der Waals surface area contributed by atoms with Gasteiger partial charge in [-0.15, -0.1) is 0 Å². The molecule has 0 aromatic heterocycles. The molecule has 514 valence electrons. The second-order valence-corrected chi connectivity index (χ2v) is 25.8. The van der Waals surface area contributed by atoms with Gasteiger partial charge in [0, 0.05) is 49.2 Å². The molecule has 0 aliphatic carbocycles. The highest BCUT2D eigenvalue weighted by atomic mass is 32.2. The lowest BCUT2D eigenvalue weighted by Crippen LogP contribution is -2.57. The minimum Gasteiger partial charge on any atom is -0.394 e. The summed E-state index contributed by atoms with van der Waals surface area (Å²) in [6.07, 6.45) is 30.7. The fourth-order valence-electron chi connectivity index (χ4n) is 9.58. The Kier molecular flexibility index (Phi) is 55.7. The van der Waals surface area contributed by atoms with Gasteiger partial charge in [0.15, 0.2) is 0 Å². The van der Waals surface area contributed by atoms with Gasteiger partial charge in [-0.2, -0.15) is 23.5 Å². The quantitative estimate of drug-likeness (QED) is 0.0382. The molecule has 23 nitrogen and oxygen atoms in total. The lowest BCUT2D eigenvalue weighted by Gasteiger charge is -2.24. The first kappa shape index (κ1) is 84.2. The van der Waals surface area contributed by atoms with Crippen LogP contribution in [0.1, 0.15) is 233 Å². The third kappa shape index (κ3) is 45.4. The SMILES string of the molecule is CCCCCCCCCCCCNC(=O)C(CO)NC(=O)C(CSCCSCC(NC(=O)C(N)CCCCNC(=O)C(N)CCCCN)C(=O)NC(CO)C(=O)NCCCCCCCCCCCC)NC(=O)C(N)CCCCNC(=O)C(N)CCCCC. The molecule has 0 radical (unpaired) electrons. The van der Waals surface area contributed by atoms with Crippen LogP contribution in [0.2, 0.25) is 0 Å². The second-order valence-electron chi connectivity index (χ2n) is 23.5. The molecule has 8 atom stereocenters. The summed E-state index contributed by atoms with van der Waals surface area (Å²) >= 11 is 2.61. The second kappa shape index (κ2) is 58.3. The molecular formula is C63H125N13O10S2. The number of unbranched alkanes of at least 4 members (excludes halogenated alkanes) is 23. The summed E-state index contributed by atoms with van der Waals surface area (Å²) < 4.78 is 0. The minimum absolute atomic E-state index is 0.0398. The van der Waals surface area contributed by atoms with Crippen molar-refractivity contribution in [2.24, 2.45) is 28.7 Å². The standard InChI is InChI=1S/C63H125N13O10S2/c1-4-7-10-12-14-16-18-20-22-29-38-71-60(83)52(44-77)73-62(85)54(75-58(81)50(67)35-26-31-40-69-56(79)48(65)33-24-9-6-3)46-87-42-43-88-47-55(76-59(82)51(68)36-27-32-41-70-57(80)49(66)34-25-28-37-64)63(86)74-53(45-78)61(84)72-39-30-23-21-19-17-15-13-11-8-5-2/h48-55,77-78H,4-47,64-68H2,1-3H3,(H,69,79)(H,70,80)(H,71,83)(H,72,84)(H,73,85)(H,74,86)(H,75,81)(H,76,82). The van der Waals surface area contributed by atoms with Gasteiger partial charge in [-0.25, -0.2) is 0 Å². The van der Waals surface area contributed by atoms with Crippen LogP contribution in [0.15, 0.2) is 0 Å². The molecule has 0 aromatic carbocycles. The highest BCUT2D eigenvalue weighted by Gasteiger charge is 2.30. The van der Waals surface area contributed by atoms with E-state index in [1.165, 1.54) is 101 Å². The van der Waals surface area contributed by atoms with Gasteiger partial charge in [-0.05, 0) is 77.2 Å². The first-order chi connectivity index (χ1) is 42.5. The van der Waals surface area contributed by atoms with Gasteiger partial charge in [0.2, 0.25) is 47.3 Å². The summed E-state index contributed by atoms with van der Waals surface area (Å²) in [4.78, 5) is 106. The van der Waals surface area contributed by atoms with Crippen molar-refractivity contribution in [3.05, 3.63) is 0 Å². The van der Waals surface area contributed by atoms with Crippen molar-refractivity contribution >= 4 is 70.8 Å². The van der Waals surface area contributed by atoms with Crippen LogP contribution in [0.4, 0.5) is 0 Å². The summed E-state index contributed by atoms with van der Waals surface area (Å²) in [5, 5.41) is 42.4. The number of carbonyl (C=O) groups excluding carboxylic acids is 8. The molecule has 0 spiro atoms. The number of thioether (sulfide) groups is 2. The van der Waals surface area contributed by atoms with Crippen molar-refractivity contribution in [2.45, 2.75) is 281 Å². The number of carbonyl (C=O) groups is 8. The van der Waals surface area contributed by atoms with E-state index < -0.39 is 97.0 Å². The lowest BCUT2D eigenvalue weighted by molar-refractivity contribution is -0.132. The van der Waals surface area contributed by atoms with E-state index in [-0.39, 0.29) is 36.2 Å². The first-order valence-corrected chi connectivity index (χ1v) is 36.2. The van der Waals surface area contributed by atoms with Gasteiger partial charge in [0.1, 0.15) is 24.2 Å². The van der Waals surface area contributed by atoms with E-state index in [0.717, 1.165) is 83.5 Å². The highest BCUT2D eigenvalue weighted by Crippen LogP contribution is 2.15. The molecule has 0 aliphatic rings. The number of hydrogen-bond acceptors (Lipinski definition) is 17. The average Bonchev–Trinajstić information content (AvgIpc) is 3.71. The number of aliphatic hydroxyl groups excluding tert-OH is 2. The largest absolute Gasteiger partial charge is 0.394 e. The van der Waals surface area contributed by atoms with Gasteiger partial charge in [-0.3, -0.25) is 38.4 Å².